The summed E-state index contributed by atoms with van der Waals surface area (Å²) in [5.74, 6) is -4.05. The zero-order valence-electron chi connectivity index (χ0n) is 17.9. The molecule has 0 aromatic heterocycles. The fourth-order valence-electron chi connectivity index (χ4n) is 3.41. The van der Waals surface area contributed by atoms with Gasteiger partial charge >= 0.3 is 11.9 Å². The highest BCUT2D eigenvalue weighted by atomic mass is 16.7. The van der Waals surface area contributed by atoms with Crippen LogP contribution in [0.5, 0.6) is 0 Å². The van der Waals surface area contributed by atoms with Gasteiger partial charge in [-0.2, -0.15) is 0 Å². The Morgan fingerprint density at radius 3 is 1.39 bits per heavy atom. The van der Waals surface area contributed by atoms with E-state index in [1.54, 1.807) is 0 Å². The van der Waals surface area contributed by atoms with Crippen molar-refractivity contribution in [2.24, 2.45) is 0 Å². The molecule has 1 atom stereocenters. The third-order valence-electron chi connectivity index (χ3n) is 5.15. The highest BCUT2D eigenvalue weighted by Crippen LogP contribution is 2.18. The molecular weight excluding hydrogens is 360 g/mol. The molecule has 0 spiro atoms. The van der Waals surface area contributed by atoms with Crippen molar-refractivity contribution in [3.05, 3.63) is 0 Å². The maximum Gasteiger partial charge on any atom is 0.332 e. The predicted octanol–water partition coefficient (Wildman–Crippen LogP) is 4.17. The van der Waals surface area contributed by atoms with Crippen LogP contribution in [-0.4, -0.2) is 45.1 Å². The topological polar surface area (TPSA) is 107 Å². The van der Waals surface area contributed by atoms with E-state index >= 15 is 0 Å². The molecule has 0 saturated heterocycles. The van der Waals surface area contributed by atoms with Gasteiger partial charge in [0.2, 0.25) is 0 Å². The monoisotopic (exact) mass is 404 g/mol. The van der Waals surface area contributed by atoms with Crippen LogP contribution in [0.15, 0.2) is 0 Å². The number of aliphatic hydroxyl groups excluding tert-OH is 1. The van der Waals surface area contributed by atoms with Crippen molar-refractivity contribution < 1.29 is 30.0 Å². The van der Waals surface area contributed by atoms with Gasteiger partial charge in [0.05, 0.1) is 0 Å². The van der Waals surface area contributed by atoms with Crippen molar-refractivity contribution in [2.75, 3.05) is 6.61 Å². The summed E-state index contributed by atoms with van der Waals surface area (Å²) in [7, 11) is 0. The van der Waals surface area contributed by atoms with Crippen LogP contribution in [0.4, 0.5) is 0 Å². The van der Waals surface area contributed by atoms with Crippen LogP contribution >= 0.6 is 0 Å². The molecule has 28 heavy (non-hydrogen) atoms. The largest absolute Gasteiger partial charge is 0.452 e. The first-order valence-electron chi connectivity index (χ1n) is 11.4. The summed E-state index contributed by atoms with van der Waals surface area (Å²) in [6.45, 7) is 1.40. The van der Waals surface area contributed by atoms with E-state index in [2.05, 4.69) is 11.7 Å². The Balaban J connectivity index is 3.43. The quantitative estimate of drug-likeness (QED) is 0.138. The number of carbonyl (C=O) groups excluding carboxylic acids is 1. The summed E-state index contributed by atoms with van der Waals surface area (Å²) in [5, 5.41) is 36.2. The second-order valence-electron chi connectivity index (χ2n) is 7.92. The Morgan fingerprint density at radius 2 is 1.07 bits per heavy atom. The molecule has 0 aliphatic rings. The molecule has 0 amide bonds. The van der Waals surface area contributed by atoms with Crippen molar-refractivity contribution in [1.29, 1.82) is 0 Å². The number of rotatable bonds is 20. The first-order valence-corrected chi connectivity index (χ1v) is 11.4. The number of aliphatic hydroxyl groups is 4. The molecule has 6 heteroatoms. The van der Waals surface area contributed by atoms with Crippen molar-refractivity contribution in [3.63, 3.8) is 0 Å². The smallest absolute Gasteiger partial charge is 0.332 e. The summed E-state index contributed by atoms with van der Waals surface area (Å²) >= 11 is 0. The average molecular weight is 405 g/mol. The lowest BCUT2D eigenvalue weighted by atomic mass is 10.0. The van der Waals surface area contributed by atoms with Crippen molar-refractivity contribution in [1.82, 2.24) is 0 Å². The minimum Gasteiger partial charge on any atom is -0.452 e. The fourth-order valence-corrected chi connectivity index (χ4v) is 3.41. The normalized spacial score (nSPS) is 12.9. The van der Waals surface area contributed by atoms with E-state index in [-0.39, 0.29) is 6.42 Å². The number of carbonyl (C=O) groups is 1. The van der Waals surface area contributed by atoms with E-state index < -0.39 is 24.7 Å². The Labute approximate surface area is 171 Å². The molecule has 4 N–H and O–H groups in total. The van der Waals surface area contributed by atoms with Gasteiger partial charge in [-0.25, -0.2) is 4.79 Å². The van der Waals surface area contributed by atoms with Crippen LogP contribution in [0.25, 0.3) is 0 Å². The number of esters is 1. The van der Waals surface area contributed by atoms with Crippen LogP contribution in [0, 0.1) is 0 Å². The van der Waals surface area contributed by atoms with E-state index in [4.69, 9.17) is 5.11 Å². The maximum atomic E-state index is 11.0. The Kier molecular flexibility index (Phi) is 17.9. The highest BCUT2D eigenvalue weighted by Gasteiger charge is 2.35. The van der Waals surface area contributed by atoms with E-state index in [1.165, 1.54) is 77.0 Å². The van der Waals surface area contributed by atoms with Gasteiger partial charge < -0.3 is 25.2 Å². The first kappa shape index (κ1) is 27.3. The molecule has 0 aliphatic carbocycles. The molecule has 0 aromatic carbocycles. The first-order chi connectivity index (χ1) is 13.4. The summed E-state index contributed by atoms with van der Waals surface area (Å²) in [6, 6.07) is 0. The molecule has 1 unspecified atom stereocenters. The van der Waals surface area contributed by atoms with Crippen LogP contribution in [-0.2, 0) is 9.53 Å². The molecular formula is C22H44O6. The van der Waals surface area contributed by atoms with Gasteiger partial charge in [0, 0.05) is 0 Å². The van der Waals surface area contributed by atoms with Crippen LogP contribution in [0.3, 0.4) is 0 Å². The lowest BCUT2D eigenvalue weighted by molar-refractivity contribution is -0.356. The number of ether oxygens (including phenoxy) is 1. The molecule has 0 rings (SSSR count). The molecule has 0 bridgehead atoms. The number of hydrogen-bond acceptors (Lipinski definition) is 6. The van der Waals surface area contributed by atoms with Crippen LogP contribution in [0.2, 0.25) is 0 Å². The van der Waals surface area contributed by atoms with Crippen molar-refractivity contribution >= 4 is 5.97 Å². The van der Waals surface area contributed by atoms with Gasteiger partial charge in [0.15, 0.2) is 6.10 Å². The Bertz CT molecular complexity index is 353. The van der Waals surface area contributed by atoms with Crippen molar-refractivity contribution in [3.8, 4) is 0 Å². The minimum absolute atomic E-state index is 0.147. The van der Waals surface area contributed by atoms with Crippen LogP contribution < -0.4 is 0 Å². The molecule has 6 nitrogen and oxygen atoms in total. The SMILES string of the molecule is CCCCCCCCCCCCCCCCCCC(OC(=O)CO)C(O)(O)O. The summed E-state index contributed by atoms with van der Waals surface area (Å²) in [6.07, 6.45) is 18.5. The van der Waals surface area contributed by atoms with Gasteiger partial charge in [-0.3, -0.25) is 0 Å². The van der Waals surface area contributed by atoms with Gasteiger partial charge in [-0.15, -0.1) is 0 Å². The minimum atomic E-state index is -3.07. The van der Waals surface area contributed by atoms with Crippen LogP contribution in [0.1, 0.15) is 116 Å². The second-order valence-corrected chi connectivity index (χ2v) is 7.92. The average Bonchev–Trinajstić information content (AvgIpc) is 2.65. The Morgan fingerprint density at radius 1 is 0.714 bits per heavy atom. The third kappa shape index (κ3) is 17.4. The summed E-state index contributed by atoms with van der Waals surface area (Å²) in [4.78, 5) is 11.0. The zero-order chi connectivity index (χ0) is 21.1. The molecule has 168 valence electrons. The van der Waals surface area contributed by atoms with Gasteiger partial charge in [-0.1, -0.05) is 103 Å². The molecule has 0 heterocycles. The molecule has 0 radical (unpaired) electrons. The standard InChI is InChI=1S/C22H44O6/c1-2-3-4-5-6-7-8-9-10-11-12-13-14-15-16-17-18-20(22(25,26)27)28-21(24)19-23/h20,23,25-27H,2-19H2,1H3. The molecule has 0 saturated carbocycles. The summed E-state index contributed by atoms with van der Waals surface area (Å²) in [5.41, 5.74) is 0. The second kappa shape index (κ2) is 18.3. The molecule has 0 aromatic rings. The van der Waals surface area contributed by atoms with E-state index in [0.717, 1.165) is 19.3 Å². The lowest BCUT2D eigenvalue weighted by Crippen LogP contribution is -2.45. The Hall–Kier alpha value is -0.690. The number of unbranched alkanes of at least 4 members (excludes halogenated alkanes) is 15. The highest BCUT2D eigenvalue weighted by molar-refractivity contribution is 5.70. The lowest BCUT2D eigenvalue weighted by Gasteiger charge is -2.25. The van der Waals surface area contributed by atoms with Gasteiger partial charge in [0.1, 0.15) is 6.61 Å². The number of hydrogen-bond donors (Lipinski definition) is 4. The van der Waals surface area contributed by atoms with E-state index in [9.17, 15) is 20.1 Å². The zero-order valence-corrected chi connectivity index (χ0v) is 17.9. The van der Waals surface area contributed by atoms with Gasteiger partial charge in [0.25, 0.3) is 0 Å². The predicted molar refractivity (Wildman–Crippen MR) is 111 cm³/mol. The van der Waals surface area contributed by atoms with E-state index in [1.807, 2.05) is 0 Å². The maximum absolute atomic E-state index is 11.0. The summed E-state index contributed by atoms with van der Waals surface area (Å²) < 4.78 is 4.65. The third-order valence-corrected chi connectivity index (χ3v) is 5.15. The van der Waals surface area contributed by atoms with Crippen molar-refractivity contribution in [2.45, 2.75) is 128 Å². The molecule has 0 fully saturated rings. The van der Waals surface area contributed by atoms with E-state index in [0.29, 0.717) is 6.42 Å². The fraction of sp³-hybridized carbons (Fsp3) is 0.955. The van der Waals surface area contributed by atoms with Gasteiger partial charge in [-0.05, 0) is 12.8 Å². The molecule has 0 aliphatic heterocycles.